The highest BCUT2D eigenvalue weighted by Gasteiger charge is 2.13. The van der Waals surface area contributed by atoms with Gasteiger partial charge in [0.1, 0.15) is 0 Å². The summed E-state index contributed by atoms with van der Waals surface area (Å²) in [4.78, 5) is 6.97. The minimum Gasteiger partial charge on any atom is -0.383 e. The van der Waals surface area contributed by atoms with Crippen LogP contribution in [0.15, 0.2) is 24.8 Å². The lowest BCUT2D eigenvalue weighted by atomic mass is 9.93. The van der Waals surface area contributed by atoms with E-state index in [1.165, 1.54) is 0 Å². The van der Waals surface area contributed by atoms with Gasteiger partial charge in [-0.3, -0.25) is 0 Å². The summed E-state index contributed by atoms with van der Waals surface area (Å²) < 4.78 is 0. The van der Waals surface area contributed by atoms with Gasteiger partial charge in [-0.15, -0.1) is 0 Å². The lowest BCUT2D eigenvalue weighted by molar-refractivity contribution is 0.460. The van der Waals surface area contributed by atoms with Crippen LogP contribution in [-0.4, -0.2) is 9.97 Å². The Morgan fingerprint density at radius 3 is 2.77 bits per heavy atom. The van der Waals surface area contributed by atoms with Gasteiger partial charge in [0.2, 0.25) is 0 Å². The SMILES string of the molecule is C=C(NCc1cnc[nH]1)C(C)(C)C. The fourth-order valence-corrected chi connectivity index (χ4v) is 0.848. The van der Waals surface area contributed by atoms with E-state index < -0.39 is 0 Å². The zero-order chi connectivity index (χ0) is 9.90. The maximum atomic E-state index is 3.98. The van der Waals surface area contributed by atoms with Crippen molar-refractivity contribution in [1.29, 1.82) is 0 Å². The number of allylic oxidation sites excluding steroid dienone is 1. The molecule has 0 aliphatic heterocycles. The van der Waals surface area contributed by atoms with Crippen LogP contribution in [-0.2, 0) is 6.54 Å². The number of nitrogens with one attached hydrogen (secondary N) is 2. The van der Waals surface area contributed by atoms with E-state index in [0.29, 0.717) is 0 Å². The van der Waals surface area contributed by atoms with Crippen LogP contribution in [0.25, 0.3) is 0 Å². The molecule has 1 aromatic heterocycles. The van der Waals surface area contributed by atoms with Gasteiger partial charge < -0.3 is 10.3 Å². The number of nitrogens with zero attached hydrogens (tertiary/aromatic N) is 1. The lowest BCUT2D eigenvalue weighted by Crippen LogP contribution is -2.23. The van der Waals surface area contributed by atoms with E-state index in [4.69, 9.17) is 0 Å². The molecule has 1 rings (SSSR count). The van der Waals surface area contributed by atoms with Gasteiger partial charge in [-0.05, 0) is 0 Å². The van der Waals surface area contributed by atoms with Gasteiger partial charge >= 0.3 is 0 Å². The minimum absolute atomic E-state index is 0.111. The van der Waals surface area contributed by atoms with Crippen molar-refractivity contribution in [2.75, 3.05) is 0 Å². The average Bonchev–Trinajstić information content (AvgIpc) is 2.50. The predicted octanol–water partition coefficient (Wildman–Crippen LogP) is 2.06. The summed E-state index contributed by atoms with van der Waals surface area (Å²) in [5.74, 6) is 0. The van der Waals surface area contributed by atoms with E-state index in [1.54, 1.807) is 6.33 Å². The van der Waals surface area contributed by atoms with E-state index in [0.717, 1.165) is 17.9 Å². The Bertz CT molecular complexity index is 267. The third-order valence-electron chi connectivity index (χ3n) is 1.95. The Labute approximate surface area is 79.3 Å². The molecular weight excluding hydrogens is 162 g/mol. The second-order valence-corrected chi connectivity index (χ2v) is 4.16. The molecule has 3 nitrogen and oxygen atoms in total. The normalized spacial score (nSPS) is 11.3. The van der Waals surface area contributed by atoms with Gasteiger partial charge in [-0.2, -0.15) is 0 Å². The number of hydrogen-bond donors (Lipinski definition) is 2. The van der Waals surface area contributed by atoms with Crippen molar-refractivity contribution in [2.45, 2.75) is 27.3 Å². The van der Waals surface area contributed by atoms with Gasteiger partial charge in [0, 0.05) is 17.3 Å². The first-order valence-corrected chi connectivity index (χ1v) is 4.40. The summed E-state index contributed by atoms with van der Waals surface area (Å²) in [7, 11) is 0. The van der Waals surface area contributed by atoms with Crippen LogP contribution in [0.4, 0.5) is 0 Å². The van der Waals surface area contributed by atoms with Crippen LogP contribution < -0.4 is 5.32 Å². The molecule has 0 saturated carbocycles. The molecule has 0 bridgehead atoms. The highest BCUT2D eigenvalue weighted by Crippen LogP contribution is 2.20. The molecule has 3 heteroatoms. The van der Waals surface area contributed by atoms with E-state index in [9.17, 15) is 0 Å². The minimum atomic E-state index is 0.111. The van der Waals surface area contributed by atoms with E-state index in [-0.39, 0.29) is 5.41 Å². The monoisotopic (exact) mass is 179 g/mol. The highest BCUT2D eigenvalue weighted by atomic mass is 14.9. The molecule has 0 amide bonds. The molecule has 0 unspecified atom stereocenters. The van der Waals surface area contributed by atoms with E-state index >= 15 is 0 Å². The Hall–Kier alpha value is -1.25. The molecule has 0 fully saturated rings. The number of hydrogen-bond acceptors (Lipinski definition) is 2. The third-order valence-corrected chi connectivity index (χ3v) is 1.95. The first-order chi connectivity index (χ1) is 6.00. The van der Waals surface area contributed by atoms with Crippen molar-refractivity contribution in [3.05, 3.63) is 30.5 Å². The van der Waals surface area contributed by atoms with Crippen molar-refractivity contribution in [1.82, 2.24) is 15.3 Å². The predicted molar refractivity (Wildman–Crippen MR) is 54.0 cm³/mol. The van der Waals surface area contributed by atoms with Crippen LogP contribution >= 0.6 is 0 Å². The summed E-state index contributed by atoms with van der Waals surface area (Å²) in [6.07, 6.45) is 3.49. The van der Waals surface area contributed by atoms with Crippen LogP contribution in [0.1, 0.15) is 26.5 Å². The number of rotatable bonds is 3. The molecule has 2 N–H and O–H groups in total. The maximum absolute atomic E-state index is 3.98. The number of aromatic amines is 1. The summed E-state index contributed by atoms with van der Waals surface area (Å²) in [5.41, 5.74) is 2.23. The maximum Gasteiger partial charge on any atom is 0.0922 e. The van der Waals surface area contributed by atoms with Gasteiger partial charge in [0.05, 0.1) is 18.6 Å². The molecule has 13 heavy (non-hydrogen) atoms. The van der Waals surface area contributed by atoms with Gasteiger partial charge in [0.15, 0.2) is 0 Å². The molecule has 72 valence electrons. The topological polar surface area (TPSA) is 40.7 Å². The Morgan fingerprint density at radius 1 is 1.62 bits per heavy atom. The van der Waals surface area contributed by atoms with Crippen molar-refractivity contribution >= 4 is 0 Å². The zero-order valence-corrected chi connectivity index (χ0v) is 8.52. The fraction of sp³-hybridized carbons (Fsp3) is 0.500. The van der Waals surface area contributed by atoms with Crippen LogP contribution in [0, 0.1) is 5.41 Å². The van der Waals surface area contributed by atoms with Crippen molar-refractivity contribution in [3.63, 3.8) is 0 Å². The smallest absolute Gasteiger partial charge is 0.0922 e. The lowest BCUT2D eigenvalue weighted by Gasteiger charge is -2.22. The molecular formula is C10H17N3. The van der Waals surface area contributed by atoms with E-state index in [1.807, 2.05) is 6.20 Å². The fourth-order valence-electron chi connectivity index (χ4n) is 0.848. The number of aromatic nitrogens is 2. The quantitative estimate of drug-likeness (QED) is 0.745. The second kappa shape index (κ2) is 3.64. The Morgan fingerprint density at radius 2 is 2.31 bits per heavy atom. The summed E-state index contributed by atoms with van der Waals surface area (Å²) in [6.45, 7) is 11.1. The molecule has 0 aromatic carbocycles. The number of H-pyrrole nitrogens is 1. The van der Waals surface area contributed by atoms with E-state index in [2.05, 4.69) is 42.6 Å². The summed E-state index contributed by atoms with van der Waals surface area (Å²) in [6, 6.07) is 0. The highest BCUT2D eigenvalue weighted by molar-refractivity contribution is 5.05. The zero-order valence-electron chi connectivity index (χ0n) is 8.52. The first kappa shape index (κ1) is 9.84. The van der Waals surface area contributed by atoms with Crippen LogP contribution in [0.5, 0.6) is 0 Å². The van der Waals surface area contributed by atoms with Crippen molar-refractivity contribution < 1.29 is 0 Å². The van der Waals surface area contributed by atoms with Gasteiger partial charge in [-0.1, -0.05) is 27.4 Å². The van der Waals surface area contributed by atoms with Crippen molar-refractivity contribution in [2.24, 2.45) is 5.41 Å². The first-order valence-electron chi connectivity index (χ1n) is 4.40. The number of imidazole rings is 1. The molecule has 0 aliphatic carbocycles. The van der Waals surface area contributed by atoms with Crippen LogP contribution in [0.2, 0.25) is 0 Å². The Balaban J connectivity index is 2.40. The third kappa shape index (κ3) is 2.93. The molecule has 0 radical (unpaired) electrons. The molecule has 1 heterocycles. The average molecular weight is 179 g/mol. The molecule has 1 aromatic rings. The van der Waals surface area contributed by atoms with Gasteiger partial charge in [0.25, 0.3) is 0 Å². The standard InChI is InChI=1S/C10H17N3/c1-8(10(2,3)4)12-6-9-5-11-7-13-9/h5,7,12H,1,6H2,2-4H3,(H,11,13). The van der Waals surface area contributed by atoms with Crippen LogP contribution in [0.3, 0.4) is 0 Å². The molecule has 0 aliphatic rings. The Kier molecular flexibility index (Phi) is 2.76. The molecule has 0 spiro atoms. The second-order valence-electron chi connectivity index (χ2n) is 4.16. The van der Waals surface area contributed by atoms with Crippen molar-refractivity contribution in [3.8, 4) is 0 Å². The van der Waals surface area contributed by atoms with Gasteiger partial charge in [-0.25, -0.2) is 4.98 Å². The molecule has 0 atom stereocenters. The molecule has 0 saturated heterocycles. The largest absolute Gasteiger partial charge is 0.383 e. The summed E-state index contributed by atoms with van der Waals surface area (Å²) >= 11 is 0. The summed E-state index contributed by atoms with van der Waals surface area (Å²) in [5, 5.41) is 3.26.